The van der Waals surface area contributed by atoms with Crippen LogP contribution < -0.4 is 0 Å². The molecule has 1 saturated heterocycles. The predicted octanol–water partition coefficient (Wildman–Crippen LogP) is 1.91. The van der Waals surface area contributed by atoms with E-state index in [-0.39, 0.29) is 11.6 Å². The quantitative estimate of drug-likeness (QED) is 0.687. The lowest BCUT2D eigenvalue weighted by molar-refractivity contribution is -0.0184. The SMILES string of the molecule is CC(C)(C)OC(=O)N1CC(O)CCC12CC2. The molecular weight excluding hydrogens is 206 g/mol. The number of amides is 1. The molecule has 4 heteroatoms. The standard InChI is InChI=1S/C12H21NO3/c1-11(2,3)16-10(15)13-8-9(14)4-5-12(13)6-7-12/h9,14H,4-8H2,1-3H3. The summed E-state index contributed by atoms with van der Waals surface area (Å²) in [6.45, 7) is 6.02. The number of β-amino-alcohol motifs (C(OH)–C–C–N with tert-alkyl or cyclic N) is 1. The summed E-state index contributed by atoms with van der Waals surface area (Å²) in [5, 5.41) is 9.64. The zero-order chi connectivity index (χ0) is 12.0. The number of piperidine rings is 1. The Balaban J connectivity index is 2.03. The molecule has 0 radical (unpaired) electrons. The molecule has 0 aromatic heterocycles. The lowest BCUT2D eigenvalue weighted by Crippen LogP contribution is -2.51. The van der Waals surface area contributed by atoms with Gasteiger partial charge in [-0.2, -0.15) is 0 Å². The number of nitrogens with zero attached hydrogens (tertiary/aromatic N) is 1. The third-order valence-electron chi connectivity index (χ3n) is 3.35. The van der Waals surface area contributed by atoms with Gasteiger partial charge in [0.05, 0.1) is 12.6 Å². The number of hydrogen-bond acceptors (Lipinski definition) is 3. The zero-order valence-corrected chi connectivity index (χ0v) is 10.3. The van der Waals surface area contributed by atoms with E-state index in [1.807, 2.05) is 20.8 Å². The van der Waals surface area contributed by atoms with Crippen molar-refractivity contribution in [3.05, 3.63) is 0 Å². The summed E-state index contributed by atoms with van der Waals surface area (Å²) in [6.07, 6.45) is 3.16. The number of aliphatic hydroxyl groups excluding tert-OH is 1. The van der Waals surface area contributed by atoms with E-state index in [0.29, 0.717) is 6.54 Å². The highest BCUT2D eigenvalue weighted by Gasteiger charge is 2.53. The number of carbonyl (C=O) groups is 1. The molecule has 1 unspecified atom stereocenters. The van der Waals surface area contributed by atoms with Crippen LogP contribution in [-0.2, 0) is 4.74 Å². The fourth-order valence-corrected chi connectivity index (χ4v) is 2.32. The predicted molar refractivity (Wildman–Crippen MR) is 60.1 cm³/mol. The fourth-order valence-electron chi connectivity index (χ4n) is 2.32. The Hall–Kier alpha value is -0.770. The highest BCUT2D eigenvalue weighted by molar-refractivity contribution is 5.70. The molecule has 1 aliphatic heterocycles. The van der Waals surface area contributed by atoms with Crippen LogP contribution in [0.25, 0.3) is 0 Å². The maximum Gasteiger partial charge on any atom is 0.410 e. The van der Waals surface area contributed by atoms with Crippen LogP contribution in [-0.4, -0.2) is 39.9 Å². The van der Waals surface area contributed by atoms with E-state index < -0.39 is 11.7 Å². The van der Waals surface area contributed by atoms with E-state index in [9.17, 15) is 9.90 Å². The lowest BCUT2D eigenvalue weighted by atomic mass is 9.98. The van der Waals surface area contributed by atoms with Gasteiger partial charge in [-0.25, -0.2) is 4.79 Å². The maximum atomic E-state index is 12.0. The van der Waals surface area contributed by atoms with Crippen molar-refractivity contribution in [3.8, 4) is 0 Å². The van der Waals surface area contributed by atoms with Crippen LogP contribution in [0.2, 0.25) is 0 Å². The molecule has 2 aliphatic rings. The third kappa shape index (κ3) is 2.32. The number of rotatable bonds is 0. The molecule has 1 aliphatic carbocycles. The van der Waals surface area contributed by atoms with Crippen LogP contribution in [0, 0.1) is 0 Å². The lowest BCUT2D eigenvalue weighted by Gasteiger charge is -2.39. The molecule has 1 spiro atoms. The van der Waals surface area contributed by atoms with Crippen molar-refractivity contribution < 1.29 is 14.6 Å². The van der Waals surface area contributed by atoms with Gasteiger partial charge in [0, 0.05) is 5.54 Å². The first-order valence-corrected chi connectivity index (χ1v) is 6.01. The van der Waals surface area contributed by atoms with Gasteiger partial charge in [-0.1, -0.05) is 0 Å². The first-order chi connectivity index (χ1) is 7.32. The fraction of sp³-hybridized carbons (Fsp3) is 0.917. The highest BCUT2D eigenvalue weighted by Crippen LogP contribution is 2.48. The van der Waals surface area contributed by atoms with Crippen molar-refractivity contribution >= 4 is 6.09 Å². The van der Waals surface area contributed by atoms with Crippen LogP contribution in [0.5, 0.6) is 0 Å². The van der Waals surface area contributed by atoms with Crippen molar-refractivity contribution in [2.75, 3.05) is 6.54 Å². The van der Waals surface area contributed by atoms with Crippen LogP contribution in [0.1, 0.15) is 46.5 Å². The van der Waals surface area contributed by atoms with Crippen molar-refractivity contribution in [1.29, 1.82) is 0 Å². The van der Waals surface area contributed by atoms with Crippen molar-refractivity contribution in [2.24, 2.45) is 0 Å². The molecule has 1 heterocycles. The average Bonchev–Trinajstić information content (AvgIpc) is 2.88. The molecule has 1 N–H and O–H groups in total. The molecule has 0 bridgehead atoms. The number of carbonyl (C=O) groups excluding carboxylic acids is 1. The van der Waals surface area contributed by atoms with E-state index in [1.165, 1.54) is 0 Å². The third-order valence-corrected chi connectivity index (χ3v) is 3.35. The topological polar surface area (TPSA) is 49.8 Å². The van der Waals surface area contributed by atoms with E-state index in [2.05, 4.69) is 0 Å². The summed E-state index contributed by atoms with van der Waals surface area (Å²) < 4.78 is 5.38. The molecular formula is C12H21NO3. The minimum Gasteiger partial charge on any atom is -0.444 e. The summed E-state index contributed by atoms with van der Waals surface area (Å²) in [5.74, 6) is 0. The first kappa shape index (κ1) is 11.7. The van der Waals surface area contributed by atoms with Crippen LogP contribution in [0.4, 0.5) is 4.79 Å². The average molecular weight is 227 g/mol. The minimum atomic E-state index is -0.463. The summed E-state index contributed by atoms with van der Waals surface area (Å²) >= 11 is 0. The monoisotopic (exact) mass is 227 g/mol. The Kier molecular flexibility index (Phi) is 2.65. The van der Waals surface area contributed by atoms with Crippen LogP contribution in [0.3, 0.4) is 0 Å². The van der Waals surface area contributed by atoms with Gasteiger partial charge in [-0.05, 0) is 46.5 Å². The van der Waals surface area contributed by atoms with Crippen molar-refractivity contribution in [2.45, 2.75) is 63.7 Å². The van der Waals surface area contributed by atoms with E-state index in [4.69, 9.17) is 4.74 Å². The minimum absolute atomic E-state index is 0.0154. The van der Waals surface area contributed by atoms with Gasteiger partial charge < -0.3 is 9.84 Å². The molecule has 0 aromatic carbocycles. The van der Waals surface area contributed by atoms with Crippen LogP contribution >= 0.6 is 0 Å². The van der Waals surface area contributed by atoms with Gasteiger partial charge in [-0.3, -0.25) is 4.90 Å². The van der Waals surface area contributed by atoms with E-state index in [0.717, 1.165) is 25.7 Å². The molecule has 2 rings (SSSR count). The number of ether oxygens (including phenoxy) is 1. The van der Waals surface area contributed by atoms with Crippen LogP contribution in [0.15, 0.2) is 0 Å². The van der Waals surface area contributed by atoms with Gasteiger partial charge >= 0.3 is 6.09 Å². The number of aliphatic hydroxyl groups is 1. The molecule has 1 atom stereocenters. The van der Waals surface area contributed by atoms with Crippen molar-refractivity contribution in [3.63, 3.8) is 0 Å². The zero-order valence-electron chi connectivity index (χ0n) is 10.3. The summed E-state index contributed by atoms with van der Waals surface area (Å²) in [7, 11) is 0. The van der Waals surface area contributed by atoms with E-state index >= 15 is 0 Å². The Bertz CT molecular complexity index is 291. The summed E-state index contributed by atoms with van der Waals surface area (Å²) in [5.41, 5.74) is -0.447. The smallest absolute Gasteiger partial charge is 0.410 e. The second kappa shape index (κ2) is 3.62. The van der Waals surface area contributed by atoms with E-state index in [1.54, 1.807) is 4.90 Å². The number of likely N-dealkylation sites (tertiary alicyclic amines) is 1. The molecule has 92 valence electrons. The van der Waals surface area contributed by atoms with Gasteiger partial charge in [0.15, 0.2) is 0 Å². The molecule has 4 nitrogen and oxygen atoms in total. The Labute approximate surface area is 96.6 Å². The molecule has 2 fully saturated rings. The number of hydrogen-bond donors (Lipinski definition) is 1. The highest BCUT2D eigenvalue weighted by atomic mass is 16.6. The molecule has 16 heavy (non-hydrogen) atoms. The van der Waals surface area contributed by atoms with Gasteiger partial charge in [0.2, 0.25) is 0 Å². The summed E-state index contributed by atoms with van der Waals surface area (Å²) in [6, 6.07) is 0. The Morgan fingerprint density at radius 3 is 2.50 bits per heavy atom. The second-order valence-corrected chi connectivity index (χ2v) is 6.01. The summed E-state index contributed by atoms with van der Waals surface area (Å²) in [4.78, 5) is 13.7. The Morgan fingerprint density at radius 1 is 1.38 bits per heavy atom. The molecule has 1 saturated carbocycles. The largest absolute Gasteiger partial charge is 0.444 e. The van der Waals surface area contributed by atoms with Gasteiger partial charge in [0.25, 0.3) is 0 Å². The normalized spacial score (nSPS) is 28.0. The maximum absolute atomic E-state index is 12.0. The first-order valence-electron chi connectivity index (χ1n) is 6.01. The van der Waals surface area contributed by atoms with Gasteiger partial charge in [0.1, 0.15) is 5.60 Å². The van der Waals surface area contributed by atoms with Gasteiger partial charge in [-0.15, -0.1) is 0 Å². The second-order valence-electron chi connectivity index (χ2n) is 6.01. The molecule has 0 aromatic rings. The van der Waals surface area contributed by atoms with Crippen molar-refractivity contribution in [1.82, 2.24) is 4.90 Å². The Morgan fingerprint density at radius 2 is 2.00 bits per heavy atom. The molecule has 1 amide bonds.